The van der Waals surface area contributed by atoms with Crippen LogP contribution in [0.3, 0.4) is 0 Å². The Morgan fingerprint density at radius 1 is 0.486 bits per heavy atom. The highest BCUT2D eigenvalue weighted by Gasteiger charge is 2.44. The summed E-state index contributed by atoms with van der Waals surface area (Å²) in [6.45, 7) is 3.72. The van der Waals surface area contributed by atoms with Crippen LogP contribution in [0.1, 0.15) is 277 Å². The molecule has 0 spiro atoms. The fourth-order valence-corrected chi connectivity index (χ4v) is 9.38. The van der Waals surface area contributed by atoms with Crippen LogP contribution < -0.4 is 5.32 Å². The Balaban J connectivity index is 2.02. The quantitative estimate of drug-likeness (QED) is 0.0261. The second-order valence-electron chi connectivity index (χ2n) is 20.8. The van der Waals surface area contributed by atoms with E-state index in [-0.39, 0.29) is 12.5 Å². The molecule has 6 N–H and O–H groups in total. The van der Waals surface area contributed by atoms with E-state index in [2.05, 4.69) is 55.6 Å². The van der Waals surface area contributed by atoms with Crippen molar-refractivity contribution in [3.63, 3.8) is 0 Å². The zero-order chi connectivity index (χ0) is 50.8. The summed E-state index contributed by atoms with van der Waals surface area (Å²) in [5.41, 5.74) is 0. The highest BCUT2D eigenvalue weighted by atomic mass is 16.7. The first-order valence-corrected chi connectivity index (χ1v) is 29.9. The highest BCUT2D eigenvalue weighted by Crippen LogP contribution is 2.23. The molecule has 0 aromatic rings. The summed E-state index contributed by atoms with van der Waals surface area (Å²) in [6, 6.07) is -0.818. The van der Waals surface area contributed by atoms with Gasteiger partial charge in [-0.1, -0.05) is 255 Å². The molecular weight excluding hydrogens is 875 g/mol. The lowest BCUT2D eigenvalue weighted by Gasteiger charge is -2.40. The summed E-state index contributed by atoms with van der Waals surface area (Å²) in [6.07, 6.45) is 60.9. The zero-order valence-corrected chi connectivity index (χ0v) is 45.5. The zero-order valence-electron chi connectivity index (χ0n) is 45.5. The SMILES string of the molecule is CCCCCC/C=C/CC/C=C/C(O)C(COC1OC(CO)C(O)C(O)C1O)NC(=O)CCCCCCCCCCCCCCCCCCCCCCCCCCC/C=C\C/C=C\CCCCCCC. The van der Waals surface area contributed by atoms with Crippen LogP contribution in [0.15, 0.2) is 48.6 Å². The molecule has 1 fully saturated rings. The number of nitrogens with one attached hydrogen (secondary N) is 1. The predicted octanol–water partition coefficient (Wildman–Crippen LogP) is 14.9. The van der Waals surface area contributed by atoms with Gasteiger partial charge in [0.25, 0.3) is 0 Å². The van der Waals surface area contributed by atoms with Crippen molar-refractivity contribution in [3.05, 3.63) is 48.6 Å². The van der Waals surface area contributed by atoms with E-state index in [1.165, 1.54) is 212 Å². The van der Waals surface area contributed by atoms with Gasteiger partial charge in [0.2, 0.25) is 5.91 Å². The van der Waals surface area contributed by atoms with Crippen LogP contribution in [0.4, 0.5) is 0 Å². The number of aliphatic hydroxyl groups is 5. The third kappa shape index (κ3) is 39.7. The van der Waals surface area contributed by atoms with Crippen molar-refractivity contribution in [1.29, 1.82) is 0 Å². The number of carbonyl (C=O) groups is 1. The molecule has 410 valence electrons. The molecule has 0 aromatic carbocycles. The summed E-state index contributed by atoms with van der Waals surface area (Å²) in [7, 11) is 0. The van der Waals surface area contributed by atoms with Crippen molar-refractivity contribution >= 4 is 5.91 Å². The summed E-state index contributed by atoms with van der Waals surface area (Å²) in [4.78, 5) is 13.0. The van der Waals surface area contributed by atoms with Crippen LogP contribution in [0.2, 0.25) is 0 Å². The normalized spacial score (nSPS) is 19.7. The van der Waals surface area contributed by atoms with Crippen molar-refractivity contribution in [2.24, 2.45) is 0 Å². The molecule has 9 nitrogen and oxygen atoms in total. The van der Waals surface area contributed by atoms with Gasteiger partial charge in [-0.05, 0) is 64.2 Å². The van der Waals surface area contributed by atoms with Crippen molar-refractivity contribution < 1.29 is 39.8 Å². The van der Waals surface area contributed by atoms with Gasteiger partial charge < -0.3 is 40.3 Å². The number of allylic oxidation sites excluding steroid dienone is 7. The van der Waals surface area contributed by atoms with E-state index in [1.807, 2.05) is 6.08 Å². The molecule has 0 aromatic heterocycles. The minimum Gasteiger partial charge on any atom is -0.394 e. The molecular formula is C61H113NO8. The van der Waals surface area contributed by atoms with Crippen molar-refractivity contribution in [3.8, 4) is 0 Å². The number of hydrogen-bond acceptors (Lipinski definition) is 8. The topological polar surface area (TPSA) is 149 Å². The van der Waals surface area contributed by atoms with Crippen molar-refractivity contribution in [1.82, 2.24) is 5.32 Å². The fraction of sp³-hybridized carbons (Fsp3) is 0.852. The summed E-state index contributed by atoms with van der Waals surface area (Å²) in [5, 5.41) is 54.2. The molecule has 1 saturated heterocycles. The van der Waals surface area contributed by atoms with Gasteiger partial charge in [0.05, 0.1) is 25.4 Å². The Bertz CT molecular complexity index is 1240. The number of unbranched alkanes of at least 4 members (excludes halogenated alkanes) is 35. The Morgan fingerprint density at radius 3 is 1.30 bits per heavy atom. The number of carbonyl (C=O) groups excluding carboxylic acids is 1. The molecule has 0 saturated carbocycles. The first-order valence-electron chi connectivity index (χ1n) is 29.9. The number of aliphatic hydroxyl groups excluding tert-OH is 5. The molecule has 0 radical (unpaired) electrons. The van der Waals surface area contributed by atoms with Gasteiger partial charge in [-0.25, -0.2) is 0 Å². The monoisotopic (exact) mass is 988 g/mol. The van der Waals surface area contributed by atoms with Gasteiger partial charge in [-0.2, -0.15) is 0 Å². The van der Waals surface area contributed by atoms with Gasteiger partial charge in [0.1, 0.15) is 24.4 Å². The van der Waals surface area contributed by atoms with E-state index in [0.29, 0.717) is 6.42 Å². The second-order valence-corrected chi connectivity index (χ2v) is 20.8. The average Bonchev–Trinajstić information content (AvgIpc) is 3.36. The number of amides is 1. The minimum absolute atomic E-state index is 0.185. The Hall–Kier alpha value is -1.85. The summed E-state index contributed by atoms with van der Waals surface area (Å²) >= 11 is 0. The van der Waals surface area contributed by atoms with Gasteiger partial charge in [0.15, 0.2) is 6.29 Å². The number of ether oxygens (including phenoxy) is 2. The standard InChI is InChI=1S/C61H113NO8/c1-3-5-7-9-11-13-15-16-17-18-19-20-21-22-23-24-25-26-27-28-29-30-31-32-33-34-35-36-37-38-39-40-41-43-45-47-49-51-57(65)62-54(53-69-61-60(68)59(67)58(66)56(52-63)70-61)55(64)50-48-46-44-42-14-12-10-8-6-4-2/h14-16,18-19,42,48,50,54-56,58-61,63-64,66-68H,3-13,17,20-41,43-47,49,51-53H2,1-2H3,(H,62,65)/b16-15-,19-18-,42-14+,50-48+. The smallest absolute Gasteiger partial charge is 0.220 e. The van der Waals surface area contributed by atoms with Gasteiger partial charge >= 0.3 is 0 Å². The lowest BCUT2D eigenvalue weighted by Crippen LogP contribution is -2.60. The van der Waals surface area contributed by atoms with E-state index in [4.69, 9.17) is 9.47 Å². The molecule has 7 unspecified atom stereocenters. The Morgan fingerprint density at radius 2 is 0.857 bits per heavy atom. The van der Waals surface area contributed by atoms with E-state index in [0.717, 1.165) is 44.9 Å². The van der Waals surface area contributed by atoms with Crippen LogP contribution in [-0.4, -0.2) is 87.5 Å². The minimum atomic E-state index is -1.57. The summed E-state index contributed by atoms with van der Waals surface area (Å²) in [5.74, 6) is -0.185. The van der Waals surface area contributed by atoms with E-state index < -0.39 is 49.5 Å². The second kappa shape index (κ2) is 50.7. The van der Waals surface area contributed by atoms with Crippen LogP contribution >= 0.6 is 0 Å². The molecule has 7 atom stereocenters. The first-order chi connectivity index (χ1) is 34.3. The molecule has 0 aliphatic carbocycles. The molecule has 1 aliphatic heterocycles. The predicted molar refractivity (Wildman–Crippen MR) is 295 cm³/mol. The third-order valence-corrected chi connectivity index (χ3v) is 14.1. The Kier molecular flexibility index (Phi) is 47.9. The molecule has 1 rings (SSSR count). The lowest BCUT2D eigenvalue weighted by atomic mass is 9.99. The van der Waals surface area contributed by atoms with Crippen molar-refractivity contribution in [2.75, 3.05) is 13.2 Å². The number of hydrogen-bond donors (Lipinski definition) is 6. The van der Waals surface area contributed by atoms with Gasteiger partial charge in [0, 0.05) is 6.42 Å². The van der Waals surface area contributed by atoms with E-state index in [9.17, 15) is 30.3 Å². The first kappa shape index (κ1) is 66.2. The number of rotatable bonds is 51. The maximum atomic E-state index is 13.0. The maximum absolute atomic E-state index is 13.0. The van der Waals surface area contributed by atoms with Crippen LogP contribution in [-0.2, 0) is 14.3 Å². The van der Waals surface area contributed by atoms with Crippen LogP contribution in [0.5, 0.6) is 0 Å². The van der Waals surface area contributed by atoms with E-state index in [1.54, 1.807) is 6.08 Å². The fourth-order valence-electron chi connectivity index (χ4n) is 9.38. The lowest BCUT2D eigenvalue weighted by molar-refractivity contribution is -0.302. The van der Waals surface area contributed by atoms with E-state index >= 15 is 0 Å². The van der Waals surface area contributed by atoms with Crippen molar-refractivity contribution in [2.45, 2.75) is 320 Å². The average molecular weight is 989 g/mol. The van der Waals surface area contributed by atoms with Gasteiger partial charge in [-0.3, -0.25) is 4.79 Å². The van der Waals surface area contributed by atoms with Crippen LogP contribution in [0, 0.1) is 0 Å². The molecule has 70 heavy (non-hydrogen) atoms. The largest absolute Gasteiger partial charge is 0.394 e. The Labute approximate surface area is 431 Å². The van der Waals surface area contributed by atoms with Gasteiger partial charge in [-0.15, -0.1) is 0 Å². The molecule has 9 heteroatoms. The third-order valence-electron chi connectivity index (χ3n) is 14.1. The molecule has 1 aliphatic rings. The molecule has 1 amide bonds. The highest BCUT2D eigenvalue weighted by molar-refractivity contribution is 5.76. The van der Waals surface area contributed by atoms with Crippen LogP contribution in [0.25, 0.3) is 0 Å². The summed E-state index contributed by atoms with van der Waals surface area (Å²) < 4.78 is 11.2. The maximum Gasteiger partial charge on any atom is 0.220 e. The molecule has 1 heterocycles. The molecule has 0 bridgehead atoms.